The average Bonchev–Trinajstić information content (AvgIpc) is 2.76. The molecule has 4 heteroatoms. The summed E-state index contributed by atoms with van der Waals surface area (Å²) in [6.07, 6.45) is 2.11. The molecule has 0 unspecified atom stereocenters. The van der Waals surface area contributed by atoms with Gasteiger partial charge in [0, 0.05) is 18.7 Å². The first-order chi connectivity index (χ1) is 9.63. The minimum Gasteiger partial charge on any atom is -0.339 e. The zero-order valence-corrected chi connectivity index (χ0v) is 11.9. The zero-order valence-electron chi connectivity index (χ0n) is 11.9. The molecule has 3 rings (SSSR count). The number of nitrogens with zero attached hydrogens (tertiary/aromatic N) is 1. The van der Waals surface area contributed by atoms with Gasteiger partial charge in [-0.25, -0.2) is 4.39 Å². The molecule has 2 aliphatic rings. The van der Waals surface area contributed by atoms with E-state index in [1.54, 1.807) is 6.07 Å². The van der Waals surface area contributed by atoms with E-state index in [9.17, 15) is 9.18 Å². The highest BCUT2D eigenvalue weighted by atomic mass is 19.1. The third kappa shape index (κ3) is 2.70. The molecule has 0 saturated carbocycles. The fourth-order valence-corrected chi connectivity index (χ4v) is 3.46. The molecule has 0 aliphatic carbocycles. The summed E-state index contributed by atoms with van der Waals surface area (Å²) in [7, 11) is 0. The summed E-state index contributed by atoms with van der Waals surface area (Å²) < 4.78 is 13.4. The van der Waals surface area contributed by atoms with E-state index in [-0.39, 0.29) is 11.7 Å². The van der Waals surface area contributed by atoms with E-state index in [1.165, 1.54) is 12.1 Å². The van der Waals surface area contributed by atoms with Gasteiger partial charge in [-0.1, -0.05) is 0 Å². The van der Waals surface area contributed by atoms with Gasteiger partial charge >= 0.3 is 0 Å². The minimum atomic E-state index is -0.329. The second-order valence-electron chi connectivity index (χ2n) is 6.07. The van der Waals surface area contributed by atoms with Crippen LogP contribution in [0.25, 0.3) is 0 Å². The van der Waals surface area contributed by atoms with Gasteiger partial charge in [-0.05, 0) is 68.5 Å². The highest BCUT2D eigenvalue weighted by Gasteiger charge is 2.31. The van der Waals surface area contributed by atoms with Crippen LogP contribution in [0.1, 0.15) is 28.8 Å². The van der Waals surface area contributed by atoms with E-state index in [2.05, 4.69) is 5.32 Å². The number of nitrogens with one attached hydrogen (secondary N) is 1. The van der Waals surface area contributed by atoms with Crippen LogP contribution < -0.4 is 5.32 Å². The second-order valence-corrected chi connectivity index (χ2v) is 6.07. The maximum atomic E-state index is 13.4. The van der Waals surface area contributed by atoms with Gasteiger partial charge in [-0.3, -0.25) is 4.79 Å². The Morgan fingerprint density at radius 2 is 1.85 bits per heavy atom. The molecule has 0 bridgehead atoms. The minimum absolute atomic E-state index is 0.0273. The molecule has 2 saturated heterocycles. The molecule has 0 spiro atoms. The molecule has 0 aromatic heterocycles. The smallest absolute Gasteiger partial charge is 0.253 e. The Bertz CT molecular complexity index is 483. The van der Waals surface area contributed by atoms with Gasteiger partial charge in [0.25, 0.3) is 5.91 Å². The summed E-state index contributed by atoms with van der Waals surface area (Å²) in [6.45, 7) is 5.55. The Labute approximate surface area is 119 Å². The first kappa shape index (κ1) is 13.6. The van der Waals surface area contributed by atoms with Gasteiger partial charge in [-0.15, -0.1) is 0 Å². The number of aryl methyl sites for hydroxylation is 1. The highest BCUT2D eigenvalue weighted by molar-refractivity contribution is 5.94. The lowest BCUT2D eigenvalue weighted by molar-refractivity contribution is 0.0758. The van der Waals surface area contributed by atoms with Crippen LogP contribution in [0.5, 0.6) is 0 Å². The summed E-state index contributed by atoms with van der Waals surface area (Å²) in [4.78, 5) is 14.4. The van der Waals surface area contributed by atoms with Crippen molar-refractivity contribution in [3.63, 3.8) is 0 Å². The van der Waals surface area contributed by atoms with Gasteiger partial charge in [0.2, 0.25) is 0 Å². The van der Waals surface area contributed by atoms with Gasteiger partial charge in [0.05, 0.1) is 0 Å². The van der Waals surface area contributed by atoms with Gasteiger partial charge in [0.1, 0.15) is 5.82 Å². The number of likely N-dealkylation sites (tertiary alicyclic amines) is 1. The fraction of sp³-hybridized carbons (Fsp3) is 0.562. The Kier molecular flexibility index (Phi) is 3.74. The number of hydrogen-bond donors (Lipinski definition) is 1. The van der Waals surface area contributed by atoms with E-state index in [4.69, 9.17) is 0 Å². The van der Waals surface area contributed by atoms with Gasteiger partial charge < -0.3 is 10.2 Å². The lowest BCUT2D eigenvalue weighted by Gasteiger charge is -2.21. The molecule has 0 radical (unpaired) electrons. The third-order valence-electron chi connectivity index (χ3n) is 4.60. The second kappa shape index (κ2) is 5.52. The topological polar surface area (TPSA) is 32.3 Å². The number of carbonyl (C=O) groups is 1. The van der Waals surface area contributed by atoms with Crippen molar-refractivity contribution in [2.75, 3.05) is 26.2 Å². The maximum Gasteiger partial charge on any atom is 0.253 e. The van der Waals surface area contributed by atoms with Crippen molar-refractivity contribution >= 4 is 5.91 Å². The van der Waals surface area contributed by atoms with Crippen molar-refractivity contribution in [2.45, 2.75) is 19.8 Å². The lowest BCUT2D eigenvalue weighted by atomic mass is 9.92. The van der Waals surface area contributed by atoms with Crippen molar-refractivity contribution in [3.05, 3.63) is 35.1 Å². The molecule has 2 fully saturated rings. The van der Waals surface area contributed by atoms with Gasteiger partial charge in [0.15, 0.2) is 0 Å². The van der Waals surface area contributed by atoms with E-state index < -0.39 is 0 Å². The molecule has 2 atom stereocenters. The summed E-state index contributed by atoms with van der Waals surface area (Å²) in [5.74, 6) is 1.04. The first-order valence-electron chi connectivity index (χ1n) is 7.40. The predicted molar refractivity (Wildman–Crippen MR) is 76.1 cm³/mol. The number of hydrogen-bond acceptors (Lipinski definition) is 2. The Balaban J connectivity index is 1.73. The van der Waals surface area contributed by atoms with Crippen LogP contribution in [0.4, 0.5) is 4.39 Å². The first-order valence-corrected chi connectivity index (χ1v) is 7.40. The fourth-order valence-electron chi connectivity index (χ4n) is 3.46. The number of carbonyl (C=O) groups excluding carboxylic acids is 1. The summed E-state index contributed by atoms with van der Waals surface area (Å²) in [5.41, 5.74) is 1.27. The highest BCUT2D eigenvalue weighted by Crippen LogP contribution is 2.27. The van der Waals surface area contributed by atoms with Gasteiger partial charge in [-0.2, -0.15) is 0 Å². The predicted octanol–water partition coefficient (Wildman–Crippen LogP) is 2.21. The molecule has 20 heavy (non-hydrogen) atoms. The Morgan fingerprint density at radius 3 is 2.45 bits per heavy atom. The normalized spacial score (nSPS) is 26.2. The Morgan fingerprint density at radius 1 is 1.20 bits per heavy atom. The number of halogens is 1. The molecule has 1 amide bonds. The van der Waals surface area contributed by atoms with Crippen molar-refractivity contribution in [1.29, 1.82) is 0 Å². The van der Waals surface area contributed by atoms with E-state index >= 15 is 0 Å². The molecule has 108 valence electrons. The average molecular weight is 276 g/mol. The van der Waals surface area contributed by atoms with Crippen molar-refractivity contribution in [3.8, 4) is 0 Å². The van der Waals surface area contributed by atoms with Crippen LogP contribution in [-0.2, 0) is 0 Å². The number of amides is 1. The van der Waals surface area contributed by atoms with Crippen LogP contribution in [0.15, 0.2) is 18.2 Å². The number of rotatable bonds is 1. The summed E-state index contributed by atoms with van der Waals surface area (Å²) in [6, 6.07) is 4.58. The lowest BCUT2D eigenvalue weighted by Crippen LogP contribution is -2.32. The molecule has 2 heterocycles. The number of benzene rings is 1. The molecule has 1 N–H and O–H groups in total. The molecule has 1 aromatic rings. The standard InChI is InChI=1S/C16H21FN2O/c1-11-6-14(8-15(17)7-11)16(20)19-4-2-12-9-18-10-13(12)3-5-19/h6-8,12-13,18H,2-5,9-10H2,1H3/t12-,13+. The SMILES string of the molecule is Cc1cc(F)cc(C(=O)N2CC[C@@H]3CNC[C@@H]3CC2)c1. The third-order valence-corrected chi connectivity index (χ3v) is 4.60. The molecular formula is C16H21FN2O. The maximum absolute atomic E-state index is 13.4. The largest absolute Gasteiger partial charge is 0.339 e. The van der Waals surface area contributed by atoms with Crippen molar-refractivity contribution in [2.24, 2.45) is 11.8 Å². The van der Waals surface area contributed by atoms with E-state index in [0.717, 1.165) is 44.6 Å². The zero-order chi connectivity index (χ0) is 14.1. The van der Waals surface area contributed by atoms with E-state index in [0.29, 0.717) is 17.4 Å². The molecule has 2 aliphatic heterocycles. The van der Waals surface area contributed by atoms with Crippen LogP contribution >= 0.6 is 0 Å². The van der Waals surface area contributed by atoms with E-state index in [1.807, 2.05) is 11.8 Å². The van der Waals surface area contributed by atoms with Crippen LogP contribution in [0.3, 0.4) is 0 Å². The van der Waals surface area contributed by atoms with Crippen LogP contribution in [0, 0.1) is 24.6 Å². The Hall–Kier alpha value is -1.42. The quantitative estimate of drug-likeness (QED) is 0.853. The van der Waals surface area contributed by atoms with Crippen molar-refractivity contribution < 1.29 is 9.18 Å². The summed E-state index contributed by atoms with van der Waals surface area (Å²) >= 11 is 0. The van der Waals surface area contributed by atoms with Crippen LogP contribution in [0.2, 0.25) is 0 Å². The summed E-state index contributed by atoms with van der Waals surface area (Å²) in [5, 5.41) is 3.43. The van der Waals surface area contributed by atoms with Crippen LogP contribution in [-0.4, -0.2) is 37.0 Å². The molecular weight excluding hydrogens is 255 g/mol. The van der Waals surface area contributed by atoms with Crippen molar-refractivity contribution in [1.82, 2.24) is 10.2 Å². The molecule has 1 aromatic carbocycles. The molecule has 3 nitrogen and oxygen atoms in total. The number of fused-ring (bicyclic) bond motifs is 1. The monoisotopic (exact) mass is 276 g/mol.